The molecule has 0 bridgehead atoms. The number of aryl methyl sites for hydroxylation is 1. The number of carbonyl (C=O) groups is 2. The number of benzene rings is 3. The van der Waals surface area contributed by atoms with Gasteiger partial charge in [-0.3, -0.25) is 9.80 Å². The molecular weight excluding hydrogens is 402 g/mol. The Kier molecular flexibility index (Phi) is 5.19. The molecule has 3 aromatic carbocycles. The molecule has 0 unspecified atom stereocenters. The summed E-state index contributed by atoms with van der Waals surface area (Å²) in [7, 11) is 0. The summed E-state index contributed by atoms with van der Waals surface area (Å²) < 4.78 is 5.07. The molecule has 0 N–H and O–H groups in total. The molecule has 1 fully saturated rings. The lowest BCUT2D eigenvalue weighted by molar-refractivity contribution is -0.129. The first-order valence-corrected chi connectivity index (χ1v) is 10.7. The number of anilines is 1. The van der Waals surface area contributed by atoms with Gasteiger partial charge in [0.25, 0.3) is 5.91 Å². The lowest BCUT2D eigenvalue weighted by atomic mass is 9.84. The maximum Gasteiger partial charge on any atom is 0.416 e. The molecule has 0 radical (unpaired) electrons. The maximum atomic E-state index is 13.8. The minimum Gasteiger partial charge on any atom is -0.447 e. The van der Waals surface area contributed by atoms with E-state index >= 15 is 0 Å². The Morgan fingerprint density at radius 3 is 2.34 bits per heavy atom. The van der Waals surface area contributed by atoms with Crippen molar-refractivity contribution in [1.29, 1.82) is 0 Å². The zero-order chi connectivity index (χ0) is 22.1. The lowest BCUT2D eigenvalue weighted by Crippen LogP contribution is -2.48. The summed E-state index contributed by atoms with van der Waals surface area (Å²) in [6.07, 6.45) is -0.598. The predicted molar refractivity (Wildman–Crippen MR) is 123 cm³/mol. The van der Waals surface area contributed by atoms with Gasteiger partial charge < -0.3 is 4.74 Å². The van der Waals surface area contributed by atoms with Crippen molar-refractivity contribution >= 4 is 23.4 Å². The van der Waals surface area contributed by atoms with Crippen LogP contribution >= 0.6 is 0 Å². The van der Waals surface area contributed by atoms with Crippen LogP contribution < -0.4 is 5.01 Å². The Morgan fingerprint density at radius 2 is 1.69 bits per heavy atom. The van der Waals surface area contributed by atoms with Gasteiger partial charge in [-0.05, 0) is 30.2 Å². The van der Waals surface area contributed by atoms with Crippen molar-refractivity contribution in [3.63, 3.8) is 0 Å². The fraction of sp³-hybridized carbons (Fsp3) is 0.192. The highest BCUT2D eigenvalue weighted by atomic mass is 16.6. The minimum atomic E-state index is -0.707. The average Bonchev–Trinajstić information content (AvgIpc) is 3.44. The van der Waals surface area contributed by atoms with Crippen LogP contribution in [0.3, 0.4) is 0 Å². The third-order valence-electron chi connectivity index (χ3n) is 5.86. The Bertz CT molecular complexity index is 1180. The largest absolute Gasteiger partial charge is 0.447 e. The molecule has 0 aliphatic carbocycles. The number of imide groups is 1. The summed E-state index contributed by atoms with van der Waals surface area (Å²) in [5.74, 6) is -0.657. The van der Waals surface area contributed by atoms with Crippen LogP contribution in [0.5, 0.6) is 0 Å². The van der Waals surface area contributed by atoms with Crippen LogP contribution in [0.15, 0.2) is 90.0 Å². The molecular formula is C26H23N3O3. The van der Waals surface area contributed by atoms with Crippen molar-refractivity contribution in [3.8, 4) is 0 Å². The van der Waals surface area contributed by atoms with Gasteiger partial charge in [-0.15, -0.1) is 0 Å². The molecule has 1 saturated heterocycles. The van der Waals surface area contributed by atoms with E-state index in [0.717, 1.165) is 28.1 Å². The third kappa shape index (κ3) is 3.54. The van der Waals surface area contributed by atoms with Crippen LogP contribution in [0, 0.1) is 6.92 Å². The van der Waals surface area contributed by atoms with Crippen molar-refractivity contribution < 1.29 is 14.3 Å². The van der Waals surface area contributed by atoms with Gasteiger partial charge in [0.15, 0.2) is 0 Å². The molecule has 160 valence electrons. The summed E-state index contributed by atoms with van der Waals surface area (Å²) in [6, 6.07) is 26.9. The predicted octanol–water partition coefficient (Wildman–Crippen LogP) is 4.35. The Balaban J connectivity index is 1.68. The number of nitrogens with zero attached hydrogens (tertiary/aromatic N) is 3. The van der Waals surface area contributed by atoms with Crippen LogP contribution in [-0.2, 0) is 9.53 Å². The molecule has 2 aliphatic rings. The second-order valence-corrected chi connectivity index (χ2v) is 7.97. The van der Waals surface area contributed by atoms with E-state index < -0.39 is 12.1 Å². The topological polar surface area (TPSA) is 62.2 Å². The van der Waals surface area contributed by atoms with Crippen LogP contribution in [0.4, 0.5) is 10.5 Å². The van der Waals surface area contributed by atoms with Crippen molar-refractivity contribution in [3.05, 3.63) is 102 Å². The van der Waals surface area contributed by atoms with Crippen molar-refractivity contribution in [2.45, 2.75) is 18.9 Å². The van der Waals surface area contributed by atoms with Gasteiger partial charge in [0.1, 0.15) is 12.6 Å². The number of ether oxygens (including phenoxy) is 1. The van der Waals surface area contributed by atoms with Crippen LogP contribution in [-0.4, -0.2) is 41.8 Å². The Morgan fingerprint density at radius 1 is 0.969 bits per heavy atom. The van der Waals surface area contributed by atoms with Gasteiger partial charge in [-0.2, -0.15) is 5.10 Å². The fourth-order valence-corrected chi connectivity index (χ4v) is 4.37. The number of hydrogen-bond donors (Lipinski definition) is 0. The first-order valence-electron chi connectivity index (χ1n) is 10.7. The average molecular weight is 425 g/mol. The lowest BCUT2D eigenvalue weighted by Gasteiger charge is -2.29. The molecule has 32 heavy (non-hydrogen) atoms. The molecule has 3 aromatic rings. The van der Waals surface area contributed by atoms with E-state index in [9.17, 15) is 9.59 Å². The van der Waals surface area contributed by atoms with Crippen molar-refractivity contribution in [1.82, 2.24) is 4.90 Å². The molecule has 0 aromatic heterocycles. The Hall–Kier alpha value is -3.93. The van der Waals surface area contributed by atoms with Crippen molar-refractivity contribution in [2.75, 3.05) is 18.2 Å². The zero-order valence-corrected chi connectivity index (χ0v) is 17.7. The van der Waals surface area contributed by atoms with Crippen molar-refractivity contribution in [2.24, 2.45) is 5.10 Å². The normalized spacial score (nSPS) is 20.3. The highest BCUT2D eigenvalue weighted by Crippen LogP contribution is 2.38. The quantitative estimate of drug-likeness (QED) is 0.624. The zero-order valence-electron chi connectivity index (χ0n) is 17.7. The van der Waals surface area contributed by atoms with Gasteiger partial charge in [0, 0.05) is 0 Å². The standard InChI is InChI=1S/C26H23N3O3/c1-18-9-8-12-20(17-18)23-22(19-10-4-2-5-11-19)24(25(30)28-15-16-32-26(28)31)29(27-23)21-13-6-3-7-14-21/h2-14,17,22,24H,15-16H2,1H3/t22-,24+/m1/s1. The summed E-state index contributed by atoms with van der Waals surface area (Å²) in [4.78, 5) is 27.3. The van der Waals surface area contributed by atoms with E-state index in [1.165, 1.54) is 4.90 Å². The van der Waals surface area contributed by atoms with E-state index in [4.69, 9.17) is 9.84 Å². The highest BCUT2D eigenvalue weighted by Gasteiger charge is 2.48. The Labute approximate surface area is 186 Å². The minimum absolute atomic E-state index is 0.213. The fourth-order valence-electron chi connectivity index (χ4n) is 4.37. The van der Waals surface area contributed by atoms with E-state index in [-0.39, 0.29) is 25.0 Å². The van der Waals surface area contributed by atoms with E-state index in [2.05, 4.69) is 6.07 Å². The van der Waals surface area contributed by atoms with Gasteiger partial charge in [-0.25, -0.2) is 9.69 Å². The highest BCUT2D eigenvalue weighted by molar-refractivity contribution is 6.13. The van der Waals surface area contributed by atoms with Crippen LogP contribution in [0.1, 0.15) is 22.6 Å². The molecule has 6 nitrogen and oxygen atoms in total. The second kappa shape index (κ2) is 8.30. The molecule has 2 aliphatic heterocycles. The monoisotopic (exact) mass is 425 g/mol. The summed E-state index contributed by atoms with van der Waals surface area (Å²) in [5.41, 5.74) is 4.63. The van der Waals surface area contributed by atoms with E-state index in [1.807, 2.05) is 85.8 Å². The van der Waals surface area contributed by atoms with Crippen LogP contribution in [0.2, 0.25) is 0 Å². The van der Waals surface area contributed by atoms with Crippen LogP contribution in [0.25, 0.3) is 0 Å². The first-order chi connectivity index (χ1) is 15.6. The molecule has 5 rings (SSSR count). The van der Waals surface area contributed by atoms with Gasteiger partial charge in [-0.1, -0.05) is 78.4 Å². The summed E-state index contributed by atoms with van der Waals surface area (Å²) in [6.45, 7) is 2.50. The molecule has 6 heteroatoms. The number of amides is 2. The maximum absolute atomic E-state index is 13.8. The third-order valence-corrected chi connectivity index (χ3v) is 5.86. The second-order valence-electron chi connectivity index (χ2n) is 7.97. The smallest absolute Gasteiger partial charge is 0.416 e. The number of rotatable bonds is 4. The SMILES string of the molecule is Cc1cccc(C2=NN(c3ccccc3)[C@H](C(=O)N3CCOC3=O)[C@@H]2c2ccccc2)c1. The molecule has 2 amide bonds. The van der Waals surface area contributed by atoms with E-state index in [0.29, 0.717) is 0 Å². The first kappa shape index (κ1) is 20.0. The number of cyclic esters (lactones) is 1. The van der Waals surface area contributed by atoms with Gasteiger partial charge in [0.05, 0.1) is 23.9 Å². The number of para-hydroxylation sites is 1. The molecule has 0 spiro atoms. The number of hydrazone groups is 1. The van der Waals surface area contributed by atoms with Gasteiger partial charge >= 0.3 is 6.09 Å². The molecule has 2 atom stereocenters. The van der Waals surface area contributed by atoms with Gasteiger partial charge in [0.2, 0.25) is 0 Å². The summed E-state index contributed by atoms with van der Waals surface area (Å²) >= 11 is 0. The molecule has 2 heterocycles. The number of carbonyl (C=O) groups excluding carboxylic acids is 2. The number of hydrogen-bond acceptors (Lipinski definition) is 5. The molecule has 0 saturated carbocycles. The summed E-state index contributed by atoms with van der Waals surface area (Å²) in [5, 5.41) is 6.73. The van der Waals surface area contributed by atoms with E-state index in [1.54, 1.807) is 5.01 Å².